The van der Waals surface area contributed by atoms with Crippen molar-refractivity contribution in [2.75, 3.05) is 19.6 Å². The molecule has 1 N–H and O–H groups in total. The van der Waals surface area contributed by atoms with Crippen LogP contribution in [0.2, 0.25) is 0 Å². The molecule has 1 saturated heterocycles. The van der Waals surface area contributed by atoms with Gasteiger partial charge >= 0.3 is 0 Å². The summed E-state index contributed by atoms with van der Waals surface area (Å²) < 4.78 is 0. The highest BCUT2D eigenvalue weighted by atomic mass is 15.2. The lowest BCUT2D eigenvalue weighted by Gasteiger charge is -2.34. The van der Waals surface area contributed by atoms with E-state index in [-0.39, 0.29) is 0 Å². The number of benzene rings is 1. The second kappa shape index (κ2) is 5.85. The van der Waals surface area contributed by atoms with Crippen molar-refractivity contribution in [1.82, 2.24) is 10.2 Å². The average molecular weight is 246 g/mol. The van der Waals surface area contributed by atoms with Gasteiger partial charge in [-0.3, -0.25) is 4.90 Å². The number of nitrogens with one attached hydrogen (secondary N) is 1. The third-order valence-electron chi connectivity index (χ3n) is 4.25. The molecule has 2 rings (SSSR count). The molecule has 2 unspecified atom stereocenters. The van der Waals surface area contributed by atoms with E-state index in [1.807, 2.05) is 0 Å². The van der Waals surface area contributed by atoms with E-state index in [2.05, 4.69) is 56.1 Å². The SMILES string of the molecule is CCN(C1CCNC1)C(C)c1cc(C)ccc1C. The van der Waals surface area contributed by atoms with Gasteiger partial charge in [0, 0.05) is 18.6 Å². The first-order valence-electron chi connectivity index (χ1n) is 7.17. The molecule has 100 valence electrons. The molecule has 2 atom stereocenters. The minimum Gasteiger partial charge on any atom is -0.315 e. The Morgan fingerprint density at radius 3 is 2.78 bits per heavy atom. The summed E-state index contributed by atoms with van der Waals surface area (Å²) in [5, 5.41) is 3.48. The van der Waals surface area contributed by atoms with E-state index >= 15 is 0 Å². The van der Waals surface area contributed by atoms with Crippen molar-refractivity contribution in [3.8, 4) is 0 Å². The van der Waals surface area contributed by atoms with Gasteiger partial charge in [0.25, 0.3) is 0 Å². The first-order chi connectivity index (χ1) is 8.63. The van der Waals surface area contributed by atoms with E-state index in [1.54, 1.807) is 0 Å². The van der Waals surface area contributed by atoms with E-state index in [1.165, 1.54) is 29.7 Å². The van der Waals surface area contributed by atoms with Crippen molar-refractivity contribution in [3.05, 3.63) is 34.9 Å². The molecule has 1 aromatic carbocycles. The van der Waals surface area contributed by atoms with E-state index < -0.39 is 0 Å². The van der Waals surface area contributed by atoms with Gasteiger partial charge in [0.05, 0.1) is 0 Å². The van der Waals surface area contributed by atoms with Crippen LogP contribution in [0.4, 0.5) is 0 Å². The molecule has 2 nitrogen and oxygen atoms in total. The van der Waals surface area contributed by atoms with Crippen LogP contribution in [0.25, 0.3) is 0 Å². The lowest BCUT2D eigenvalue weighted by Crippen LogP contribution is -2.38. The van der Waals surface area contributed by atoms with Crippen LogP contribution in [0, 0.1) is 13.8 Å². The van der Waals surface area contributed by atoms with Gasteiger partial charge in [-0.15, -0.1) is 0 Å². The zero-order valence-electron chi connectivity index (χ0n) is 12.2. The molecule has 2 heteroatoms. The van der Waals surface area contributed by atoms with Gasteiger partial charge < -0.3 is 5.32 Å². The number of likely N-dealkylation sites (N-methyl/N-ethyl adjacent to an activating group) is 1. The van der Waals surface area contributed by atoms with Gasteiger partial charge in [0.1, 0.15) is 0 Å². The minimum atomic E-state index is 0.514. The fourth-order valence-electron chi connectivity index (χ4n) is 3.16. The molecular formula is C16H26N2. The maximum atomic E-state index is 3.48. The van der Waals surface area contributed by atoms with Crippen LogP contribution >= 0.6 is 0 Å². The molecule has 0 bridgehead atoms. The van der Waals surface area contributed by atoms with Crippen LogP contribution in [0.1, 0.15) is 43.0 Å². The topological polar surface area (TPSA) is 15.3 Å². The molecule has 1 heterocycles. The molecule has 0 radical (unpaired) electrons. The predicted molar refractivity (Wildman–Crippen MR) is 78.0 cm³/mol. The zero-order valence-corrected chi connectivity index (χ0v) is 12.2. The maximum absolute atomic E-state index is 3.48. The van der Waals surface area contributed by atoms with Crippen LogP contribution in [0.5, 0.6) is 0 Å². The summed E-state index contributed by atoms with van der Waals surface area (Å²) in [6, 6.07) is 8.02. The van der Waals surface area contributed by atoms with Crippen molar-refractivity contribution in [2.45, 2.75) is 46.2 Å². The number of hydrogen-bond acceptors (Lipinski definition) is 2. The summed E-state index contributed by atoms with van der Waals surface area (Å²) in [4.78, 5) is 2.64. The fraction of sp³-hybridized carbons (Fsp3) is 0.625. The second-order valence-corrected chi connectivity index (χ2v) is 5.51. The summed E-state index contributed by atoms with van der Waals surface area (Å²) in [5.74, 6) is 0. The largest absolute Gasteiger partial charge is 0.315 e. The molecule has 18 heavy (non-hydrogen) atoms. The Kier molecular flexibility index (Phi) is 4.41. The number of rotatable bonds is 4. The van der Waals surface area contributed by atoms with E-state index in [0.29, 0.717) is 12.1 Å². The highest BCUT2D eigenvalue weighted by molar-refractivity contribution is 5.32. The summed E-state index contributed by atoms with van der Waals surface area (Å²) in [5.41, 5.74) is 4.27. The molecule has 1 aromatic rings. The van der Waals surface area contributed by atoms with Crippen LogP contribution in [0.15, 0.2) is 18.2 Å². The Morgan fingerprint density at radius 2 is 2.17 bits per heavy atom. The van der Waals surface area contributed by atoms with Gasteiger partial charge in [-0.25, -0.2) is 0 Å². The van der Waals surface area contributed by atoms with Crippen molar-refractivity contribution >= 4 is 0 Å². The third-order valence-corrected chi connectivity index (χ3v) is 4.25. The number of nitrogens with zero attached hydrogens (tertiary/aromatic N) is 1. The van der Waals surface area contributed by atoms with Crippen molar-refractivity contribution in [3.63, 3.8) is 0 Å². The second-order valence-electron chi connectivity index (χ2n) is 5.51. The minimum absolute atomic E-state index is 0.514. The molecule has 0 spiro atoms. The fourth-order valence-corrected chi connectivity index (χ4v) is 3.16. The quantitative estimate of drug-likeness (QED) is 0.878. The summed E-state index contributed by atoms with van der Waals surface area (Å²) >= 11 is 0. The van der Waals surface area contributed by atoms with Gasteiger partial charge in [-0.05, 0) is 51.4 Å². The smallest absolute Gasteiger partial charge is 0.0325 e. The Hall–Kier alpha value is -0.860. The first-order valence-corrected chi connectivity index (χ1v) is 7.17. The van der Waals surface area contributed by atoms with Gasteiger partial charge in [-0.1, -0.05) is 30.7 Å². The van der Waals surface area contributed by atoms with E-state index in [0.717, 1.165) is 13.1 Å². The molecule has 0 aliphatic carbocycles. The predicted octanol–water partition coefficient (Wildman–Crippen LogP) is 3.05. The van der Waals surface area contributed by atoms with Crippen molar-refractivity contribution in [2.24, 2.45) is 0 Å². The van der Waals surface area contributed by atoms with Gasteiger partial charge in [0.15, 0.2) is 0 Å². The molecule has 0 saturated carbocycles. The Morgan fingerprint density at radius 1 is 1.39 bits per heavy atom. The van der Waals surface area contributed by atoms with E-state index in [9.17, 15) is 0 Å². The molecule has 0 amide bonds. The molecule has 0 aromatic heterocycles. The molecule has 1 aliphatic rings. The van der Waals surface area contributed by atoms with Crippen LogP contribution in [-0.2, 0) is 0 Å². The number of hydrogen-bond donors (Lipinski definition) is 1. The Labute approximate surface area is 111 Å². The summed E-state index contributed by atoms with van der Waals surface area (Å²) in [6.45, 7) is 12.5. The van der Waals surface area contributed by atoms with Crippen molar-refractivity contribution in [1.29, 1.82) is 0 Å². The van der Waals surface area contributed by atoms with Crippen molar-refractivity contribution < 1.29 is 0 Å². The highest BCUT2D eigenvalue weighted by Crippen LogP contribution is 2.27. The Balaban J connectivity index is 2.21. The lowest BCUT2D eigenvalue weighted by atomic mass is 9.97. The maximum Gasteiger partial charge on any atom is 0.0325 e. The van der Waals surface area contributed by atoms with Gasteiger partial charge in [0.2, 0.25) is 0 Å². The van der Waals surface area contributed by atoms with Crippen LogP contribution in [-0.4, -0.2) is 30.6 Å². The Bertz CT molecular complexity index is 394. The average Bonchev–Trinajstić information content (AvgIpc) is 2.87. The molecule has 1 fully saturated rings. The first kappa shape index (κ1) is 13.6. The normalized spacial score (nSPS) is 21.5. The van der Waals surface area contributed by atoms with E-state index in [4.69, 9.17) is 0 Å². The summed E-state index contributed by atoms with van der Waals surface area (Å²) in [6.07, 6.45) is 1.28. The van der Waals surface area contributed by atoms with Crippen LogP contribution < -0.4 is 5.32 Å². The highest BCUT2D eigenvalue weighted by Gasteiger charge is 2.26. The molecule has 1 aliphatic heterocycles. The standard InChI is InChI=1S/C16H26N2/c1-5-18(15-8-9-17-11-15)14(4)16-10-12(2)6-7-13(16)3/h6-7,10,14-15,17H,5,8-9,11H2,1-4H3. The summed E-state index contributed by atoms with van der Waals surface area (Å²) in [7, 11) is 0. The van der Waals surface area contributed by atoms with Crippen LogP contribution in [0.3, 0.4) is 0 Å². The lowest BCUT2D eigenvalue weighted by molar-refractivity contribution is 0.162. The third kappa shape index (κ3) is 2.76. The monoisotopic (exact) mass is 246 g/mol. The zero-order chi connectivity index (χ0) is 13.1. The van der Waals surface area contributed by atoms with Gasteiger partial charge in [-0.2, -0.15) is 0 Å². The molecular weight excluding hydrogens is 220 g/mol. The number of aryl methyl sites for hydroxylation is 2.